The lowest BCUT2D eigenvalue weighted by Gasteiger charge is -2.17. The smallest absolute Gasteiger partial charge is 0.347 e. The molecule has 0 aliphatic rings. The normalized spacial score (nSPS) is 11.6. The molecular formula is C23H22O3. The minimum Gasteiger partial charge on any atom is -0.479 e. The zero-order valence-corrected chi connectivity index (χ0v) is 14.8. The molecule has 3 aromatic carbocycles. The van der Waals surface area contributed by atoms with Crippen molar-refractivity contribution in [2.75, 3.05) is 0 Å². The zero-order chi connectivity index (χ0) is 18.2. The van der Waals surface area contributed by atoms with Crippen molar-refractivity contribution in [3.63, 3.8) is 0 Å². The number of carbonyl (C=O) groups is 1. The summed E-state index contributed by atoms with van der Waals surface area (Å²) in [4.78, 5) is 12.3. The first-order valence-electron chi connectivity index (χ1n) is 8.79. The third-order valence-corrected chi connectivity index (χ3v) is 4.10. The lowest BCUT2D eigenvalue weighted by atomic mass is 10.1. The van der Waals surface area contributed by atoms with Crippen LogP contribution in [0, 0.1) is 0 Å². The Kier molecular flexibility index (Phi) is 6.05. The molecular weight excluding hydrogens is 324 g/mol. The molecule has 132 valence electrons. The largest absolute Gasteiger partial charge is 0.479 e. The first-order chi connectivity index (χ1) is 12.8. The van der Waals surface area contributed by atoms with Gasteiger partial charge in [0, 0.05) is 0 Å². The number of benzene rings is 3. The molecule has 0 saturated carbocycles. The van der Waals surface area contributed by atoms with Crippen LogP contribution in [-0.2, 0) is 16.1 Å². The molecule has 0 radical (unpaired) electrons. The van der Waals surface area contributed by atoms with E-state index in [1.165, 1.54) is 0 Å². The van der Waals surface area contributed by atoms with E-state index >= 15 is 0 Å². The van der Waals surface area contributed by atoms with Gasteiger partial charge in [-0.2, -0.15) is 0 Å². The molecule has 3 heteroatoms. The molecule has 0 aliphatic heterocycles. The Labute approximate surface area is 154 Å². The second-order valence-corrected chi connectivity index (χ2v) is 6.00. The number of hydrogen-bond donors (Lipinski definition) is 0. The molecule has 0 aliphatic carbocycles. The summed E-state index contributed by atoms with van der Waals surface area (Å²) in [6.07, 6.45) is -0.0603. The van der Waals surface area contributed by atoms with E-state index in [9.17, 15) is 4.79 Å². The van der Waals surface area contributed by atoms with E-state index in [1.807, 2.05) is 79.7 Å². The van der Waals surface area contributed by atoms with Crippen LogP contribution in [0.25, 0.3) is 11.1 Å². The molecule has 0 aromatic heterocycles. The zero-order valence-electron chi connectivity index (χ0n) is 14.8. The maximum atomic E-state index is 12.3. The minimum absolute atomic E-state index is 0.256. The Hall–Kier alpha value is -3.07. The molecule has 0 amide bonds. The third-order valence-electron chi connectivity index (χ3n) is 4.10. The first-order valence-corrected chi connectivity index (χ1v) is 8.79. The van der Waals surface area contributed by atoms with Crippen molar-refractivity contribution >= 4 is 5.97 Å². The SMILES string of the molecule is CC[C@@H](Oc1ccc(-c2ccccc2)cc1)C(=O)OCc1ccccc1. The molecule has 0 unspecified atom stereocenters. The highest BCUT2D eigenvalue weighted by atomic mass is 16.6. The molecule has 1 atom stereocenters. The number of ether oxygens (including phenoxy) is 2. The van der Waals surface area contributed by atoms with Gasteiger partial charge in [-0.05, 0) is 35.2 Å². The quantitative estimate of drug-likeness (QED) is 0.548. The summed E-state index contributed by atoms with van der Waals surface area (Å²) >= 11 is 0. The van der Waals surface area contributed by atoms with Gasteiger partial charge in [-0.15, -0.1) is 0 Å². The summed E-state index contributed by atoms with van der Waals surface area (Å²) in [5, 5.41) is 0. The molecule has 0 heterocycles. The Bertz CT molecular complexity index is 811. The summed E-state index contributed by atoms with van der Waals surface area (Å²) in [5.74, 6) is 0.316. The van der Waals surface area contributed by atoms with Crippen molar-refractivity contribution < 1.29 is 14.3 Å². The van der Waals surface area contributed by atoms with E-state index < -0.39 is 6.10 Å². The maximum Gasteiger partial charge on any atom is 0.347 e. The second-order valence-electron chi connectivity index (χ2n) is 6.00. The first kappa shape index (κ1) is 17.7. The van der Waals surface area contributed by atoms with Gasteiger partial charge in [0.2, 0.25) is 0 Å². The predicted molar refractivity (Wildman–Crippen MR) is 103 cm³/mol. The van der Waals surface area contributed by atoms with Crippen molar-refractivity contribution in [3.05, 3.63) is 90.5 Å². The van der Waals surface area contributed by atoms with E-state index in [1.54, 1.807) is 0 Å². The van der Waals surface area contributed by atoms with Crippen LogP contribution < -0.4 is 4.74 Å². The average Bonchev–Trinajstić information content (AvgIpc) is 2.72. The van der Waals surface area contributed by atoms with Crippen LogP contribution in [0.1, 0.15) is 18.9 Å². The Morgan fingerprint density at radius 2 is 1.38 bits per heavy atom. The Morgan fingerprint density at radius 3 is 2.00 bits per heavy atom. The van der Waals surface area contributed by atoms with Crippen molar-refractivity contribution in [1.29, 1.82) is 0 Å². The second kappa shape index (κ2) is 8.86. The molecule has 3 nitrogen and oxygen atoms in total. The van der Waals surface area contributed by atoms with Gasteiger partial charge in [-0.25, -0.2) is 4.79 Å². The molecule has 3 aromatic rings. The van der Waals surface area contributed by atoms with Crippen LogP contribution in [0.4, 0.5) is 0 Å². The van der Waals surface area contributed by atoms with Gasteiger partial charge in [0.15, 0.2) is 6.10 Å². The van der Waals surface area contributed by atoms with Crippen LogP contribution in [-0.4, -0.2) is 12.1 Å². The summed E-state index contributed by atoms with van der Waals surface area (Å²) < 4.78 is 11.2. The summed E-state index contributed by atoms with van der Waals surface area (Å²) in [6, 6.07) is 27.5. The number of hydrogen-bond acceptors (Lipinski definition) is 3. The number of rotatable bonds is 7. The van der Waals surface area contributed by atoms with E-state index in [0.717, 1.165) is 16.7 Å². The number of esters is 1. The van der Waals surface area contributed by atoms with E-state index in [4.69, 9.17) is 9.47 Å². The fourth-order valence-corrected chi connectivity index (χ4v) is 2.64. The van der Waals surface area contributed by atoms with E-state index in [0.29, 0.717) is 12.2 Å². The predicted octanol–water partition coefficient (Wildman–Crippen LogP) is 5.25. The third kappa shape index (κ3) is 4.73. The van der Waals surface area contributed by atoms with Crippen LogP contribution in [0.15, 0.2) is 84.9 Å². The fourth-order valence-electron chi connectivity index (χ4n) is 2.64. The summed E-state index contributed by atoms with van der Waals surface area (Å²) in [7, 11) is 0. The van der Waals surface area contributed by atoms with Crippen LogP contribution >= 0.6 is 0 Å². The van der Waals surface area contributed by atoms with Crippen molar-refractivity contribution in [2.45, 2.75) is 26.1 Å². The van der Waals surface area contributed by atoms with Gasteiger partial charge in [-0.3, -0.25) is 0 Å². The van der Waals surface area contributed by atoms with Gasteiger partial charge < -0.3 is 9.47 Å². The molecule has 0 bridgehead atoms. The highest BCUT2D eigenvalue weighted by Gasteiger charge is 2.20. The van der Waals surface area contributed by atoms with Gasteiger partial charge in [-0.1, -0.05) is 79.7 Å². The van der Waals surface area contributed by atoms with Gasteiger partial charge >= 0.3 is 5.97 Å². The standard InChI is InChI=1S/C23H22O3/c1-2-22(23(24)25-17-18-9-5-3-6-10-18)26-21-15-13-20(14-16-21)19-11-7-4-8-12-19/h3-16,22H,2,17H2,1H3/t22-/m1/s1. The summed E-state index contributed by atoms with van der Waals surface area (Å²) in [6.45, 7) is 2.17. The van der Waals surface area contributed by atoms with Crippen molar-refractivity contribution in [2.24, 2.45) is 0 Å². The van der Waals surface area contributed by atoms with Gasteiger partial charge in [0.05, 0.1) is 0 Å². The average molecular weight is 346 g/mol. The lowest BCUT2D eigenvalue weighted by Crippen LogP contribution is -2.28. The van der Waals surface area contributed by atoms with E-state index in [2.05, 4.69) is 12.1 Å². The summed E-state index contributed by atoms with van der Waals surface area (Å²) in [5.41, 5.74) is 3.22. The lowest BCUT2D eigenvalue weighted by molar-refractivity contribution is -0.153. The molecule has 26 heavy (non-hydrogen) atoms. The van der Waals surface area contributed by atoms with Crippen molar-refractivity contribution in [1.82, 2.24) is 0 Å². The monoisotopic (exact) mass is 346 g/mol. The van der Waals surface area contributed by atoms with Gasteiger partial charge in [0.1, 0.15) is 12.4 Å². The Balaban J connectivity index is 1.59. The van der Waals surface area contributed by atoms with Crippen LogP contribution in [0.2, 0.25) is 0 Å². The highest BCUT2D eigenvalue weighted by Crippen LogP contribution is 2.23. The topological polar surface area (TPSA) is 35.5 Å². The van der Waals surface area contributed by atoms with Gasteiger partial charge in [0.25, 0.3) is 0 Å². The molecule has 0 spiro atoms. The minimum atomic E-state index is -0.610. The van der Waals surface area contributed by atoms with E-state index in [-0.39, 0.29) is 12.6 Å². The molecule has 0 N–H and O–H groups in total. The highest BCUT2D eigenvalue weighted by molar-refractivity contribution is 5.75. The van der Waals surface area contributed by atoms with Crippen LogP contribution in [0.3, 0.4) is 0 Å². The molecule has 0 saturated heterocycles. The number of carbonyl (C=O) groups excluding carboxylic acids is 1. The molecule has 3 rings (SSSR count). The Morgan fingerprint density at radius 1 is 0.808 bits per heavy atom. The maximum absolute atomic E-state index is 12.3. The van der Waals surface area contributed by atoms with Crippen molar-refractivity contribution in [3.8, 4) is 16.9 Å². The molecule has 0 fully saturated rings. The van der Waals surface area contributed by atoms with Crippen LogP contribution in [0.5, 0.6) is 5.75 Å². The fraction of sp³-hybridized carbons (Fsp3) is 0.174.